The molecule has 1 aliphatic carbocycles. The number of benzene rings is 1. The zero-order valence-electron chi connectivity index (χ0n) is 12.2. The number of nitrogens with zero attached hydrogens (tertiary/aromatic N) is 2. The van der Waals surface area contributed by atoms with Gasteiger partial charge in [-0.1, -0.05) is 6.07 Å². The molecule has 0 bridgehead atoms. The van der Waals surface area contributed by atoms with Gasteiger partial charge in [0.05, 0.1) is 18.0 Å². The predicted molar refractivity (Wildman–Crippen MR) is 86.8 cm³/mol. The maximum Gasteiger partial charge on any atom is 0.0787 e. The molecule has 0 radical (unpaired) electrons. The van der Waals surface area contributed by atoms with Crippen LogP contribution in [0.15, 0.2) is 34.9 Å². The van der Waals surface area contributed by atoms with Crippen LogP contribution in [0.4, 0.5) is 0 Å². The molecule has 1 saturated carbocycles. The van der Waals surface area contributed by atoms with Gasteiger partial charge in [-0.05, 0) is 52.5 Å². The molecule has 0 saturated heterocycles. The van der Waals surface area contributed by atoms with Crippen molar-refractivity contribution in [2.75, 3.05) is 20.3 Å². The molecular formula is C16H20BrN3O. The molecule has 1 aromatic carbocycles. The van der Waals surface area contributed by atoms with E-state index in [0.29, 0.717) is 5.92 Å². The highest BCUT2D eigenvalue weighted by Gasteiger charge is 2.26. The van der Waals surface area contributed by atoms with Crippen LogP contribution >= 0.6 is 15.9 Å². The van der Waals surface area contributed by atoms with Gasteiger partial charge in [-0.2, -0.15) is 5.10 Å². The van der Waals surface area contributed by atoms with Gasteiger partial charge in [0, 0.05) is 36.8 Å². The van der Waals surface area contributed by atoms with Crippen LogP contribution in [0.3, 0.4) is 0 Å². The molecule has 1 aromatic heterocycles. The average molecular weight is 350 g/mol. The van der Waals surface area contributed by atoms with Gasteiger partial charge in [0.1, 0.15) is 0 Å². The van der Waals surface area contributed by atoms with Crippen LogP contribution in [-0.4, -0.2) is 30.0 Å². The van der Waals surface area contributed by atoms with Crippen molar-refractivity contribution >= 4 is 15.9 Å². The first kappa shape index (κ1) is 14.8. The minimum atomic E-state index is 0.689. The summed E-state index contributed by atoms with van der Waals surface area (Å²) in [4.78, 5) is 0. The Balaban J connectivity index is 1.68. The number of aromatic nitrogens is 2. The summed E-state index contributed by atoms with van der Waals surface area (Å²) in [6, 6.07) is 8.53. The Kier molecular flexibility index (Phi) is 4.73. The highest BCUT2D eigenvalue weighted by atomic mass is 79.9. The van der Waals surface area contributed by atoms with Gasteiger partial charge in [-0.15, -0.1) is 0 Å². The van der Waals surface area contributed by atoms with Crippen molar-refractivity contribution in [3.63, 3.8) is 0 Å². The van der Waals surface area contributed by atoms with Gasteiger partial charge >= 0.3 is 0 Å². The first-order valence-electron chi connectivity index (χ1n) is 7.32. The van der Waals surface area contributed by atoms with E-state index in [9.17, 15) is 0 Å². The van der Waals surface area contributed by atoms with Crippen LogP contribution in [0.1, 0.15) is 30.0 Å². The number of methoxy groups -OCH3 is 1. The summed E-state index contributed by atoms with van der Waals surface area (Å²) < 4.78 is 8.05. The fourth-order valence-corrected chi connectivity index (χ4v) is 2.93. The second-order valence-corrected chi connectivity index (χ2v) is 6.27. The Bertz CT molecular complexity index is 607. The number of nitrogens with one attached hydrogen (secondary N) is 1. The predicted octanol–water partition coefficient (Wildman–Crippen LogP) is 3.25. The summed E-state index contributed by atoms with van der Waals surface area (Å²) in [5.74, 6) is 0.689. The summed E-state index contributed by atoms with van der Waals surface area (Å²) in [6.07, 6.45) is 4.61. The van der Waals surface area contributed by atoms with Crippen LogP contribution in [-0.2, 0) is 11.3 Å². The summed E-state index contributed by atoms with van der Waals surface area (Å²) in [6.45, 7) is 2.44. The lowest BCUT2D eigenvalue weighted by molar-refractivity contribution is 0.199. The van der Waals surface area contributed by atoms with Crippen LogP contribution < -0.4 is 5.32 Å². The highest BCUT2D eigenvalue weighted by Crippen LogP contribution is 2.39. The molecule has 4 nitrogen and oxygen atoms in total. The number of halogens is 1. The van der Waals surface area contributed by atoms with Crippen molar-refractivity contribution in [3.05, 3.63) is 46.2 Å². The minimum absolute atomic E-state index is 0.689. The standard InChI is InChI=1S/C16H20BrN3O/c1-21-9-7-18-11-12-2-5-16(14(17)10-12)20-8-6-15(19-20)13-3-4-13/h2,5-6,8,10,13,18H,3-4,7,9,11H2,1H3. The van der Waals surface area contributed by atoms with Gasteiger partial charge in [-0.3, -0.25) is 0 Å². The quantitative estimate of drug-likeness (QED) is 0.780. The maximum absolute atomic E-state index is 5.02. The third kappa shape index (κ3) is 3.73. The Morgan fingerprint density at radius 3 is 2.95 bits per heavy atom. The van der Waals surface area contributed by atoms with Crippen molar-refractivity contribution in [2.45, 2.75) is 25.3 Å². The number of hydrogen-bond acceptors (Lipinski definition) is 3. The number of rotatable bonds is 7. The van der Waals surface area contributed by atoms with Crippen LogP contribution in [0.2, 0.25) is 0 Å². The van der Waals surface area contributed by atoms with E-state index in [1.807, 2.05) is 10.9 Å². The van der Waals surface area contributed by atoms with E-state index in [1.54, 1.807) is 7.11 Å². The Hall–Kier alpha value is -1.17. The lowest BCUT2D eigenvalue weighted by Crippen LogP contribution is -2.18. The second kappa shape index (κ2) is 6.73. The fraction of sp³-hybridized carbons (Fsp3) is 0.438. The van der Waals surface area contributed by atoms with E-state index < -0.39 is 0 Å². The molecule has 2 aromatic rings. The number of hydrogen-bond donors (Lipinski definition) is 1. The lowest BCUT2D eigenvalue weighted by atomic mass is 10.2. The van der Waals surface area contributed by atoms with Crippen molar-refractivity contribution in [1.29, 1.82) is 0 Å². The highest BCUT2D eigenvalue weighted by molar-refractivity contribution is 9.10. The summed E-state index contributed by atoms with van der Waals surface area (Å²) in [5.41, 5.74) is 3.55. The molecule has 5 heteroatoms. The average Bonchev–Trinajstić information content (AvgIpc) is 3.22. The molecule has 1 aliphatic rings. The van der Waals surface area contributed by atoms with Gasteiger partial charge < -0.3 is 10.1 Å². The molecule has 1 heterocycles. The molecule has 1 fully saturated rings. The SMILES string of the molecule is COCCNCc1ccc(-n2ccc(C3CC3)n2)c(Br)c1. The summed E-state index contributed by atoms with van der Waals surface area (Å²) >= 11 is 3.66. The van der Waals surface area contributed by atoms with Crippen molar-refractivity contribution in [3.8, 4) is 5.69 Å². The first-order chi connectivity index (χ1) is 10.3. The molecule has 0 atom stereocenters. The molecule has 21 heavy (non-hydrogen) atoms. The molecule has 0 unspecified atom stereocenters. The van der Waals surface area contributed by atoms with Gasteiger partial charge in [-0.25, -0.2) is 4.68 Å². The smallest absolute Gasteiger partial charge is 0.0787 e. The van der Waals surface area contributed by atoms with Crippen LogP contribution in [0.5, 0.6) is 0 Å². The summed E-state index contributed by atoms with van der Waals surface area (Å²) in [5, 5.41) is 8.02. The minimum Gasteiger partial charge on any atom is -0.383 e. The molecule has 0 spiro atoms. The molecule has 1 N–H and O–H groups in total. The first-order valence-corrected chi connectivity index (χ1v) is 8.11. The Morgan fingerprint density at radius 2 is 2.24 bits per heavy atom. The normalized spacial score (nSPS) is 14.6. The van der Waals surface area contributed by atoms with E-state index in [0.717, 1.165) is 29.9 Å². The zero-order valence-corrected chi connectivity index (χ0v) is 13.8. The lowest BCUT2D eigenvalue weighted by Gasteiger charge is -2.09. The summed E-state index contributed by atoms with van der Waals surface area (Å²) in [7, 11) is 1.72. The van der Waals surface area contributed by atoms with Crippen LogP contribution in [0.25, 0.3) is 5.69 Å². The van der Waals surface area contributed by atoms with Crippen molar-refractivity contribution in [2.24, 2.45) is 0 Å². The number of ether oxygens (including phenoxy) is 1. The fourth-order valence-electron chi connectivity index (χ4n) is 2.32. The van der Waals surface area contributed by atoms with Crippen molar-refractivity contribution in [1.82, 2.24) is 15.1 Å². The third-order valence-electron chi connectivity index (χ3n) is 3.68. The zero-order chi connectivity index (χ0) is 14.7. The van der Waals surface area contributed by atoms with E-state index in [1.165, 1.54) is 24.1 Å². The Labute approximate surface area is 133 Å². The third-order valence-corrected chi connectivity index (χ3v) is 4.31. The van der Waals surface area contributed by atoms with Gasteiger partial charge in [0.15, 0.2) is 0 Å². The maximum atomic E-state index is 5.02. The molecule has 112 valence electrons. The second-order valence-electron chi connectivity index (χ2n) is 5.41. The molecule has 0 aliphatic heterocycles. The monoisotopic (exact) mass is 349 g/mol. The van der Waals surface area contributed by atoms with Crippen LogP contribution in [0, 0.1) is 0 Å². The molecule has 0 amide bonds. The van der Waals surface area contributed by atoms with Gasteiger partial charge in [0.25, 0.3) is 0 Å². The van der Waals surface area contributed by atoms with E-state index in [4.69, 9.17) is 4.74 Å². The largest absolute Gasteiger partial charge is 0.383 e. The van der Waals surface area contributed by atoms with E-state index in [2.05, 4.69) is 50.6 Å². The Morgan fingerprint density at radius 1 is 1.38 bits per heavy atom. The molecular weight excluding hydrogens is 330 g/mol. The molecule has 3 rings (SSSR count). The van der Waals surface area contributed by atoms with Crippen molar-refractivity contribution < 1.29 is 4.74 Å². The van der Waals surface area contributed by atoms with Gasteiger partial charge in [0.2, 0.25) is 0 Å². The van der Waals surface area contributed by atoms with E-state index in [-0.39, 0.29) is 0 Å². The topological polar surface area (TPSA) is 39.1 Å². The van der Waals surface area contributed by atoms with E-state index >= 15 is 0 Å².